The average Bonchev–Trinajstić information content (AvgIpc) is 3.36. The fourth-order valence-corrected chi connectivity index (χ4v) is 3.91. The summed E-state index contributed by atoms with van der Waals surface area (Å²) in [5.41, 5.74) is 1.92. The molecule has 0 saturated carbocycles. The minimum Gasteiger partial charge on any atom is -0.485 e. The van der Waals surface area contributed by atoms with Crippen LogP contribution in [0.3, 0.4) is 0 Å². The van der Waals surface area contributed by atoms with E-state index >= 15 is 0 Å². The zero-order chi connectivity index (χ0) is 18.4. The highest BCUT2D eigenvalue weighted by Crippen LogP contribution is 2.36. The molecule has 0 unspecified atom stereocenters. The summed E-state index contributed by atoms with van der Waals surface area (Å²) >= 11 is 1.45. The Labute approximate surface area is 159 Å². The fourth-order valence-electron chi connectivity index (χ4n) is 3.10. The number of ether oxygens (including phenoxy) is 2. The second-order valence-electron chi connectivity index (χ2n) is 6.90. The van der Waals surface area contributed by atoms with E-state index in [1.165, 1.54) is 11.3 Å². The molecule has 4 heterocycles. The van der Waals surface area contributed by atoms with Crippen LogP contribution in [0.2, 0.25) is 0 Å². The lowest BCUT2D eigenvalue weighted by Crippen LogP contribution is -2.23. The van der Waals surface area contributed by atoms with Crippen LogP contribution in [0.25, 0.3) is 15.7 Å². The van der Waals surface area contributed by atoms with Gasteiger partial charge >= 0.3 is 0 Å². The van der Waals surface area contributed by atoms with Crippen LogP contribution in [0.5, 0.6) is 11.5 Å². The van der Waals surface area contributed by atoms with Crippen molar-refractivity contribution in [2.24, 2.45) is 5.92 Å². The molecule has 1 aromatic carbocycles. The molecule has 8 nitrogen and oxygen atoms in total. The van der Waals surface area contributed by atoms with Gasteiger partial charge in [0.05, 0.1) is 0 Å². The number of fused-ring (bicyclic) bond motifs is 2. The lowest BCUT2D eigenvalue weighted by molar-refractivity contribution is 0.0836. The van der Waals surface area contributed by atoms with Gasteiger partial charge in [0.1, 0.15) is 12.3 Å². The summed E-state index contributed by atoms with van der Waals surface area (Å²) in [5, 5.41) is 21.4. The summed E-state index contributed by atoms with van der Waals surface area (Å²) in [4.78, 5) is 0.705. The first-order valence-corrected chi connectivity index (χ1v) is 9.64. The Kier molecular flexibility index (Phi) is 3.82. The van der Waals surface area contributed by atoms with Gasteiger partial charge in [0, 0.05) is 5.69 Å². The number of hydrogen-bond acceptors (Lipinski definition) is 7. The van der Waals surface area contributed by atoms with Crippen molar-refractivity contribution in [2.75, 3.05) is 6.61 Å². The molecular weight excluding hydrogens is 364 g/mol. The molecule has 138 valence electrons. The van der Waals surface area contributed by atoms with E-state index in [4.69, 9.17) is 9.47 Å². The van der Waals surface area contributed by atoms with E-state index in [1.807, 2.05) is 30.3 Å². The van der Waals surface area contributed by atoms with Gasteiger partial charge in [0.25, 0.3) is 0 Å². The molecule has 0 amide bonds. The van der Waals surface area contributed by atoms with Crippen molar-refractivity contribution < 1.29 is 9.47 Å². The molecule has 1 aliphatic rings. The summed E-state index contributed by atoms with van der Waals surface area (Å²) in [6, 6.07) is 9.64. The molecule has 4 aromatic rings. The molecule has 0 saturated heterocycles. The predicted octanol–water partition coefficient (Wildman–Crippen LogP) is 3.29. The Bertz CT molecular complexity index is 1100. The van der Waals surface area contributed by atoms with Crippen molar-refractivity contribution in [3.05, 3.63) is 41.9 Å². The van der Waals surface area contributed by atoms with Crippen LogP contribution in [-0.2, 0) is 6.42 Å². The average molecular weight is 382 g/mol. The Hall–Kier alpha value is -2.94. The molecule has 5 rings (SSSR count). The van der Waals surface area contributed by atoms with Gasteiger partial charge in [-0.1, -0.05) is 37.3 Å². The van der Waals surface area contributed by atoms with Crippen LogP contribution < -0.4 is 9.47 Å². The van der Waals surface area contributed by atoms with Crippen molar-refractivity contribution >= 4 is 16.3 Å². The van der Waals surface area contributed by atoms with Gasteiger partial charge in [-0.25, -0.2) is 0 Å². The molecule has 1 aliphatic heterocycles. The second kappa shape index (κ2) is 6.34. The van der Waals surface area contributed by atoms with Crippen molar-refractivity contribution in [3.63, 3.8) is 0 Å². The van der Waals surface area contributed by atoms with Crippen LogP contribution >= 0.6 is 11.3 Å². The van der Waals surface area contributed by atoms with E-state index in [0.717, 1.165) is 28.6 Å². The Morgan fingerprint density at radius 2 is 2.11 bits per heavy atom. The molecule has 0 fully saturated rings. The van der Waals surface area contributed by atoms with Crippen molar-refractivity contribution in [2.45, 2.75) is 26.4 Å². The van der Waals surface area contributed by atoms with E-state index in [0.29, 0.717) is 29.1 Å². The number of nitrogens with one attached hydrogen (secondary N) is 1. The first-order valence-electron chi connectivity index (χ1n) is 8.82. The van der Waals surface area contributed by atoms with Gasteiger partial charge in [0.2, 0.25) is 4.96 Å². The third-order valence-electron chi connectivity index (χ3n) is 4.29. The standard InChI is InChI=1S/C18H18N6O2S/c1-10(2)7-11-8-12(20-19-11)17-23-24-16(21-22-18(24)27-17)15-9-25-13-5-3-4-6-14(13)26-15/h3-6,8,10,15H,7,9H2,1-2H3,(H,19,20)/t15-/m0/s1. The van der Waals surface area contributed by atoms with Crippen molar-refractivity contribution in [3.8, 4) is 22.2 Å². The van der Waals surface area contributed by atoms with Crippen LogP contribution in [0.4, 0.5) is 0 Å². The first-order chi connectivity index (χ1) is 13.2. The number of rotatable bonds is 4. The topological polar surface area (TPSA) is 90.2 Å². The lowest BCUT2D eigenvalue weighted by Gasteiger charge is -2.24. The molecule has 9 heteroatoms. The second-order valence-corrected chi connectivity index (χ2v) is 7.86. The Morgan fingerprint density at radius 1 is 1.26 bits per heavy atom. The lowest BCUT2D eigenvalue weighted by atomic mass is 10.1. The van der Waals surface area contributed by atoms with Crippen molar-refractivity contribution in [1.29, 1.82) is 0 Å². The molecule has 1 N–H and O–H groups in total. The summed E-state index contributed by atoms with van der Waals surface area (Å²) in [5.74, 6) is 2.63. The third-order valence-corrected chi connectivity index (χ3v) is 5.21. The number of para-hydroxylation sites is 2. The maximum absolute atomic E-state index is 6.04. The van der Waals surface area contributed by atoms with E-state index in [1.54, 1.807) is 4.52 Å². The highest BCUT2D eigenvalue weighted by molar-refractivity contribution is 7.19. The third kappa shape index (κ3) is 2.93. The van der Waals surface area contributed by atoms with Gasteiger partial charge in [-0.3, -0.25) is 5.10 Å². The van der Waals surface area contributed by atoms with E-state index in [-0.39, 0.29) is 6.10 Å². The van der Waals surface area contributed by atoms with E-state index in [9.17, 15) is 0 Å². The number of aromatic nitrogens is 6. The monoisotopic (exact) mass is 382 g/mol. The maximum Gasteiger partial charge on any atom is 0.235 e. The highest BCUT2D eigenvalue weighted by Gasteiger charge is 2.28. The minimum absolute atomic E-state index is 0.361. The van der Waals surface area contributed by atoms with Gasteiger partial charge in [-0.2, -0.15) is 14.7 Å². The Morgan fingerprint density at radius 3 is 2.96 bits per heavy atom. The van der Waals surface area contributed by atoms with Crippen LogP contribution in [0.1, 0.15) is 31.5 Å². The zero-order valence-electron chi connectivity index (χ0n) is 14.9. The van der Waals surface area contributed by atoms with Gasteiger partial charge < -0.3 is 9.47 Å². The maximum atomic E-state index is 6.04. The van der Waals surface area contributed by atoms with Gasteiger partial charge in [-0.05, 0) is 30.5 Å². The first kappa shape index (κ1) is 16.2. The predicted molar refractivity (Wildman–Crippen MR) is 100 cm³/mol. The van der Waals surface area contributed by atoms with E-state index in [2.05, 4.69) is 39.3 Å². The van der Waals surface area contributed by atoms with Crippen LogP contribution in [-0.4, -0.2) is 36.6 Å². The Balaban J connectivity index is 1.45. The molecule has 0 radical (unpaired) electrons. The molecule has 0 bridgehead atoms. The molecule has 1 atom stereocenters. The summed E-state index contributed by atoms with van der Waals surface area (Å²) in [7, 11) is 0. The number of H-pyrrole nitrogens is 1. The number of aromatic amines is 1. The molecule has 0 aliphatic carbocycles. The SMILES string of the molecule is CC(C)Cc1cc(-c2nn3c([C@@H]4COc5ccccc5O4)nnc3s2)n[nH]1. The molecule has 3 aromatic heterocycles. The van der Waals surface area contributed by atoms with E-state index < -0.39 is 0 Å². The molecule has 0 spiro atoms. The van der Waals surface area contributed by atoms with Crippen molar-refractivity contribution in [1.82, 2.24) is 30.0 Å². The number of benzene rings is 1. The highest BCUT2D eigenvalue weighted by atomic mass is 32.1. The van der Waals surface area contributed by atoms with Crippen LogP contribution in [0.15, 0.2) is 30.3 Å². The minimum atomic E-state index is -0.361. The van der Waals surface area contributed by atoms with Gasteiger partial charge in [-0.15, -0.1) is 10.2 Å². The quantitative estimate of drug-likeness (QED) is 0.582. The molecule has 27 heavy (non-hydrogen) atoms. The fraction of sp³-hybridized carbons (Fsp3) is 0.333. The number of nitrogens with zero attached hydrogens (tertiary/aromatic N) is 5. The normalized spacial score (nSPS) is 16.3. The smallest absolute Gasteiger partial charge is 0.235 e. The molecular formula is C18H18N6O2S. The van der Waals surface area contributed by atoms with Gasteiger partial charge in [0.15, 0.2) is 28.4 Å². The summed E-state index contributed by atoms with van der Waals surface area (Å²) < 4.78 is 13.6. The van der Waals surface area contributed by atoms with Crippen LogP contribution in [0, 0.1) is 5.92 Å². The zero-order valence-corrected chi connectivity index (χ0v) is 15.7. The number of hydrogen-bond donors (Lipinski definition) is 1. The summed E-state index contributed by atoms with van der Waals surface area (Å²) in [6.07, 6.45) is 0.593. The largest absolute Gasteiger partial charge is 0.485 e. The summed E-state index contributed by atoms with van der Waals surface area (Å²) in [6.45, 7) is 4.73.